The molecule has 0 aliphatic heterocycles. The van der Waals surface area contributed by atoms with Crippen molar-refractivity contribution in [2.75, 3.05) is 6.16 Å². The molecule has 0 unspecified atom stereocenters. The number of benzene rings is 3. The SMILES string of the molecule is O=C(O)CCCCCCCCCCCCCCCCCCCCC[P+](c1ccccc1)(c1ccccc1)c1ccccc1.[Br-]. The van der Waals surface area contributed by atoms with Crippen molar-refractivity contribution in [2.24, 2.45) is 0 Å². The lowest BCUT2D eigenvalue weighted by atomic mass is 10.0. The van der Waals surface area contributed by atoms with Gasteiger partial charge < -0.3 is 22.1 Å². The molecule has 0 aromatic heterocycles. The van der Waals surface area contributed by atoms with Crippen molar-refractivity contribution in [2.45, 2.75) is 128 Å². The number of carboxylic acid groups (broad SMARTS) is 1. The molecule has 44 heavy (non-hydrogen) atoms. The van der Waals surface area contributed by atoms with Crippen molar-refractivity contribution in [3.05, 3.63) is 91.0 Å². The van der Waals surface area contributed by atoms with E-state index in [1.807, 2.05) is 0 Å². The molecule has 0 atom stereocenters. The monoisotopic (exact) mass is 680 g/mol. The number of hydrogen-bond acceptors (Lipinski definition) is 1. The van der Waals surface area contributed by atoms with Gasteiger partial charge >= 0.3 is 5.97 Å². The summed E-state index contributed by atoms with van der Waals surface area (Å²) in [6.45, 7) is 0. The van der Waals surface area contributed by atoms with Gasteiger partial charge in [-0.05, 0) is 55.7 Å². The van der Waals surface area contributed by atoms with Gasteiger partial charge in [0.05, 0.1) is 6.16 Å². The van der Waals surface area contributed by atoms with Crippen molar-refractivity contribution < 1.29 is 26.9 Å². The Labute approximate surface area is 280 Å². The summed E-state index contributed by atoms with van der Waals surface area (Å²) in [5.41, 5.74) is 0. The van der Waals surface area contributed by atoms with Crippen LogP contribution in [0, 0.1) is 0 Å². The summed E-state index contributed by atoms with van der Waals surface area (Å²) in [4.78, 5) is 10.5. The van der Waals surface area contributed by atoms with Crippen LogP contribution in [0.25, 0.3) is 0 Å². The first-order valence-electron chi connectivity index (χ1n) is 17.5. The molecule has 0 saturated carbocycles. The molecule has 0 bridgehead atoms. The number of aliphatic carboxylic acids is 1. The van der Waals surface area contributed by atoms with Gasteiger partial charge in [0.1, 0.15) is 23.2 Å². The minimum atomic E-state index is -1.67. The van der Waals surface area contributed by atoms with E-state index in [1.54, 1.807) is 0 Å². The van der Waals surface area contributed by atoms with Crippen molar-refractivity contribution in [1.82, 2.24) is 0 Å². The summed E-state index contributed by atoms with van der Waals surface area (Å²) in [5.74, 6) is -0.656. The van der Waals surface area contributed by atoms with Crippen LogP contribution in [0.4, 0.5) is 0 Å². The quantitative estimate of drug-likeness (QED) is 0.0731. The lowest BCUT2D eigenvalue weighted by Crippen LogP contribution is -3.00. The lowest BCUT2D eigenvalue weighted by Gasteiger charge is -2.27. The van der Waals surface area contributed by atoms with Gasteiger partial charge in [0, 0.05) is 6.42 Å². The fourth-order valence-corrected chi connectivity index (χ4v) is 10.9. The standard InChI is InChI=1S/C40H57O2P.BrH/c41-40(42)35-27-16-14-12-10-8-6-4-2-1-3-5-7-9-11-13-15-17-28-36-43(37-29-21-18-22-30-37,38-31-23-19-24-32-38)39-33-25-20-26-34-39;/h18-26,29-34H,1-17,27-28,35-36H2;1H. The molecule has 0 spiro atoms. The zero-order valence-corrected chi connectivity index (χ0v) is 29.7. The van der Waals surface area contributed by atoms with Gasteiger partial charge in [0.2, 0.25) is 0 Å². The van der Waals surface area contributed by atoms with Crippen LogP contribution in [-0.2, 0) is 4.79 Å². The van der Waals surface area contributed by atoms with E-state index in [1.165, 1.54) is 131 Å². The Hall–Kier alpha value is -1.96. The van der Waals surface area contributed by atoms with E-state index in [2.05, 4.69) is 91.0 Å². The van der Waals surface area contributed by atoms with Crippen LogP contribution in [0.15, 0.2) is 91.0 Å². The van der Waals surface area contributed by atoms with E-state index in [4.69, 9.17) is 5.11 Å². The third-order valence-corrected chi connectivity index (χ3v) is 13.5. The Bertz CT molecular complexity index is 993. The van der Waals surface area contributed by atoms with Gasteiger partial charge in [-0.15, -0.1) is 0 Å². The number of unbranched alkanes of at least 4 members (excludes halogenated alkanes) is 18. The maximum Gasteiger partial charge on any atom is 0.303 e. The van der Waals surface area contributed by atoms with Gasteiger partial charge in [-0.2, -0.15) is 0 Å². The van der Waals surface area contributed by atoms with Gasteiger partial charge in [-0.1, -0.05) is 157 Å². The van der Waals surface area contributed by atoms with E-state index >= 15 is 0 Å². The highest BCUT2D eigenvalue weighted by Gasteiger charge is 2.44. The highest BCUT2D eigenvalue weighted by molar-refractivity contribution is 7.95. The van der Waals surface area contributed by atoms with Gasteiger partial charge in [-0.25, -0.2) is 0 Å². The Morgan fingerprint density at radius 3 is 0.932 bits per heavy atom. The molecule has 242 valence electrons. The third kappa shape index (κ3) is 14.4. The summed E-state index contributed by atoms with van der Waals surface area (Å²) >= 11 is 0. The largest absolute Gasteiger partial charge is 1.00 e. The number of carboxylic acids is 1. The number of hydrogen-bond donors (Lipinski definition) is 1. The third-order valence-electron chi connectivity index (χ3n) is 8.98. The highest BCUT2D eigenvalue weighted by atomic mass is 79.9. The molecule has 0 aliphatic carbocycles. The second-order valence-corrected chi connectivity index (χ2v) is 16.0. The number of halogens is 1. The van der Waals surface area contributed by atoms with E-state index in [9.17, 15) is 4.79 Å². The van der Waals surface area contributed by atoms with E-state index < -0.39 is 13.2 Å². The molecule has 0 amide bonds. The van der Waals surface area contributed by atoms with E-state index in [0.717, 1.165) is 12.8 Å². The molecular formula is C40H58BrO2P. The zero-order valence-electron chi connectivity index (χ0n) is 27.2. The van der Waals surface area contributed by atoms with E-state index in [0.29, 0.717) is 6.42 Å². The van der Waals surface area contributed by atoms with Crippen LogP contribution in [-0.4, -0.2) is 17.2 Å². The Kier molecular flexibility index (Phi) is 21.1. The van der Waals surface area contributed by atoms with Crippen LogP contribution in [0.3, 0.4) is 0 Å². The molecule has 4 heteroatoms. The maximum atomic E-state index is 10.5. The Morgan fingerprint density at radius 1 is 0.409 bits per heavy atom. The first kappa shape index (κ1) is 38.2. The van der Waals surface area contributed by atoms with Crippen molar-refractivity contribution >= 4 is 29.1 Å². The summed E-state index contributed by atoms with van der Waals surface area (Å²) < 4.78 is 0. The first-order valence-corrected chi connectivity index (χ1v) is 19.5. The second kappa shape index (κ2) is 24.3. The van der Waals surface area contributed by atoms with Crippen molar-refractivity contribution in [3.8, 4) is 0 Å². The summed E-state index contributed by atoms with van der Waals surface area (Å²) in [6, 6.07) is 33.9. The minimum Gasteiger partial charge on any atom is -1.00 e. The average molecular weight is 682 g/mol. The molecule has 3 rings (SSSR count). The van der Waals surface area contributed by atoms with Crippen LogP contribution in [0.1, 0.15) is 128 Å². The second-order valence-electron chi connectivity index (χ2n) is 12.4. The van der Waals surface area contributed by atoms with Crippen LogP contribution in [0.5, 0.6) is 0 Å². The molecule has 3 aromatic rings. The predicted octanol–water partition coefficient (Wildman–Crippen LogP) is 7.87. The molecule has 0 fully saturated rings. The summed E-state index contributed by atoms with van der Waals surface area (Å²) in [7, 11) is -1.67. The number of carbonyl (C=O) groups is 1. The van der Waals surface area contributed by atoms with Crippen molar-refractivity contribution in [1.29, 1.82) is 0 Å². The van der Waals surface area contributed by atoms with Crippen LogP contribution in [0.2, 0.25) is 0 Å². The zero-order chi connectivity index (χ0) is 30.3. The van der Waals surface area contributed by atoms with Gasteiger partial charge in [0.25, 0.3) is 0 Å². The highest BCUT2D eigenvalue weighted by Crippen LogP contribution is 2.56. The molecular weight excluding hydrogens is 623 g/mol. The molecule has 0 saturated heterocycles. The smallest absolute Gasteiger partial charge is 0.303 e. The van der Waals surface area contributed by atoms with Crippen molar-refractivity contribution in [3.63, 3.8) is 0 Å². The predicted molar refractivity (Wildman–Crippen MR) is 190 cm³/mol. The first-order chi connectivity index (χ1) is 21.2. The van der Waals surface area contributed by atoms with Crippen LogP contribution < -0.4 is 32.9 Å². The average Bonchev–Trinajstić information content (AvgIpc) is 3.05. The molecule has 2 nitrogen and oxygen atoms in total. The minimum absolute atomic E-state index is 0. The normalized spacial score (nSPS) is 11.3. The molecule has 3 aromatic carbocycles. The number of rotatable bonds is 25. The van der Waals surface area contributed by atoms with Gasteiger partial charge in [-0.3, -0.25) is 4.79 Å². The lowest BCUT2D eigenvalue weighted by molar-refractivity contribution is -0.137. The fraction of sp³-hybridized carbons (Fsp3) is 0.525. The fourth-order valence-electron chi connectivity index (χ4n) is 6.51. The van der Waals surface area contributed by atoms with Crippen LogP contribution >= 0.6 is 7.26 Å². The van der Waals surface area contributed by atoms with Gasteiger partial charge in [0.15, 0.2) is 0 Å². The Morgan fingerprint density at radius 2 is 0.659 bits per heavy atom. The summed E-state index contributed by atoms with van der Waals surface area (Å²) in [6.07, 6.45) is 26.6. The molecule has 0 heterocycles. The topological polar surface area (TPSA) is 37.3 Å². The molecule has 0 aliphatic rings. The Balaban J connectivity index is 0.00000675. The molecule has 0 radical (unpaired) electrons. The maximum absolute atomic E-state index is 10.5. The van der Waals surface area contributed by atoms with E-state index in [-0.39, 0.29) is 17.0 Å². The molecule has 1 N–H and O–H groups in total. The summed E-state index contributed by atoms with van der Waals surface area (Å²) in [5, 5.41) is 13.2.